The third kappa shape index (κ3) is 6.77. The summed E-state index contributed by atoms with van der Waals surface area (Å²) in [6.45, 7) is 0.585. The van der Waals surface area contributed by atoms with E-state index >= 15 is 0 Å². The first-order valence-electron chi connectivity index (χ1n) is 22.7. The molecule has 12 rings (SSSR count). The zero-order valence-corrected chi connectivity index (χ0v) is 36.4. The standard InChI is InChI=1S/C63H45N3/c1-6-24-45(25-7-1)44-64-62(65(50-32-12-4-13-33-50)58-42-48-30-16-18-36-52(48)54-38-20-22-40-56(54)58)60(46-26-8-2-9-27-46)61(47-28-10-3-11-29-47)63(64)66(51-34-14-5-15-35-51)59-43-49-31-17-19-37-53(49)55-39-21-23-41-57(55)59/h1-43H,44H2. The van der Waals surface area contributed by atoms with E-state index in [-0.39, 0.29) is 0 Å². The highest BCUT2D eigenvalue weighted by Gasteiger charge is 2.35. The third-order valence-corrected chi connectivity index (χ3v) is 12.9. The van der Waals surface area contributed by atoms with Crippen molar-refractivity contribution in [2.45, 2.75) is 6.54 Å². The molecule has 0 spiro atoms. The molecule has 0 bridgehead atoms. The number of aromatic nitrogens is 1. The van der Waals surface area contributed by atoms with Crippen LogP contribution in [0, 0.1) is 0 Å². The highest BCUT2D eigenvalue weighted by molar-refractivity contribution is 6.18. The summed E-state index contributed by atoms with van der Waals surface area (Å²) < 4.78 is 2.61. The van der Waals surface area contributed by atoms with Crippen LogP contribution in [0.4, 0.5) is 34.4 Å². The van der Waals surface area contributed by atoms with Crippen molar-refractivity contribution in [3.63, 3.8) is 0 Å². The molecule has 0 saturated carbocycles. The van der Waals surface area contributed by atoms with Gasteiger partial charge in [0, 0.05) is 33.3 Å². The van der Waals surface area contributed by atoms with Crippen molar-refractivity contribution in [3.8, 4) is 22.3 Å². The third-order valence-electron chi connectivity index (χ3n) is 12.9. The molecule has 0 amide bonds. The Balaban J connectivity index is 1.32. The molecule has 3 nitrogen and oxygen atoms in total. The molecule has 66 heavy (non-hydrogen) atoms. The van der Waals surface area contributed by atoms with E-state index in [0.717, 1.165) is 56.6 Å². The summed E-state index contributed by atoms with van der Waals surface area (Å²) in [6.07, 6.45) is 0. The number of hydrogen-bond acceptors (Lipinski definition) is 2. The van der Waals surface area contributed by atoms with E-state index in [4.69, 9.17) is 0 Å². The van der Waals surface area contributed by atoms with Crippen molar-refractivity contribution < 1.29 is 0 Å². The highest BCUT2D eigenvalue weighted by Crippen LogP contribution is 2.56. The molecule has 0 aliphatic rings. The quantitative estimate of drug-likeness (QED) is 0.127. The number of rotatable bonds is 10. The fourth-order valence-corrected chi connectivity index (χ4v) is 10.1. The molecule has 0 aliphatic carbocycles. The second-order valence-corrected chi connectivity index (χ2v) is 16.9. The molecule has 3 heteroatoms. The van der Waals surface area contributed by atoms with Crippen molar-refractivity contribution in [2.24, 2.45) is 0 Å². The summed E-state index contributed by atoms with van der Waals surface area (Å²) in [5, 5.41) is 9.62. The summed E-state index contributed by atoms with van der Waals surface area (Å²) >= 11 is 0. The fourth-order valence-electron chi connectivity index (χ4n) is 10.1. The Morgan fingerprint density at radius 1 is 0.288 bits per heavy atom. The lowest BCUT2D eigenvalue weighted by Gasteiger charge is -2.33. The van der Waals surface area contributed by atoms with Crippen LogP contribution in [-0.2, 0) is 6.54 Å². The summed E-state index contributed by atoms with van der Waals surface area (Å²) in [6, 6.07) is 95.1. The molecule has 11 aromatic carbocycles. The van der Waals surface area contributed by atoms with E-state index in [1.54, 1.807) is 0 Å². The number of benzene rings is 11. The van der Waals surface area contributed by atoms with Crippen molar-refractivity contribution >= 4 is 77.5 Å². The lowest BCUT2D eigenvalue weighted by atomic mass is 9.95. The van der Waals surface area contributed by atoms with Crippen molar-refractivity contribution in [2.75, 3.05) is 9.80 Å². The van der Waals surface area contributed by atoms with E-state index in [1.807, 2.05) is 0 Å². The van der Waals surface area contributed by atoms with Gasteiger partial charge < -0.3 is 4.57 Å². The van der Waals surface area contributed by atoms with Crippen molar-refractivity contribution in [3.05, 3.63) is 266 Å². The smallest absolute Gasteiger partial charge is 0.128 e. The molecule has 0 N–H and O–H groups in total. The van der Waals surface area contributed by atoms with Gasteiger partial charge in [-0.25, -0.2) is 0 Å². The number of anilines is 6. The topological polar surface area (TPSA) is 11.4 Å². The van der Waals surface area contributed by atoms with Crippen molar-refractivity contribution in [1.29, 1.82) is 0 Å². The number of para-hydroxylation sites is 2. The van der Waals surface area contributed by atoms with E-state index in [2.05, 4.69) is 275 Å². The van der Waals surface area contributed by atoms with Crippen LogP contribution in [0.1, 0.15) is 5.56 Å². The molecular formula is C63H45N3. The van der Waals surface area contributed by atoms with Crippen LogP contribution in [0.5, 0.6) is 0 Å². The molecule has 0 fully saturated rings. The molecule has 0 aliphatic heterocycles. The van der Waals surface area contributed by atoms with Gasteiger partial charge in [-0.1, -0.05) is 224 Å². The average Bonchev–Trinajstić information content (AvgIpc) is 3.71. The maximum atomic E-state index is 2.61. The molecular weight excluding hydrogens is 799 g/mol. The van der Waals surface area contributed by atoms with Crippen LogP contribution in [0.25, 0.3) is 65.3 Å². The second-order valence-electron chi connectivity index (χ2n) is 16.9. The molecule has 0 saturated heterocycles. The first kappa shape index (κ1) is 39.0. The Labute approximate surface area is 385 Å². The number of fused-ring (bicyclic) bond motifs is 6. The van der Waals surface area contributed by atoms with E-state index in [9.17, 15) is 0 Å². The lowest BCUT2D eigenvalue weighted by molar-refractivity contribution is 0.800. The summed E-state index contributed by atoms with van der Waals surface area (Å²) in [7, 11) is 0. The maximum absolute atomic E-state index is 2.61. The molecule has 0 unspecified atom stereocenters. The minimum absolute atomic E-state index is 0.585. The van der Waals surface area contributed by atoms with Gasteiger partial charge in [0.15, 0.2) is 0 Å². The van der Waals surface area contributed by atoms with Gasteiger partial charge in [0.05, 0.1) is 17.9 Å². The van der Waals surface area contributed by atoms with Crippen LogP contribution in [0.3, 0.4) is 0 Å². The van der Waals surface area contributed by atoms with Crippen molar-refractivity contribution in [1.82, 2.24) is 4.57 Å². The van der Waals surface area contributed by atoms with Gasteiger partial charge in [-0.2, -0.15) is 0 Å². The van der Waals surface area contributed by atoms with Gasteiger partial charge in [-0.3, -0.25) is 9.80 Å². The second kappa shape index (κ2) is 16.8. The Morgan fingerprint density at radius 2 is 0.606 bits per heavy atom. The Bertz CT molecular complexity index is 3430. The van der Waals surface area contributed by atoms with E-state index < -0.39 is 0 Å². The molecule has 1 heterocycles. The summed E-state index contributed by atoms with van der Waals surface area (Å²) in [5.74, 6) is 2.13. The van der Waals surface area contributed by atoms with Crippen LogP contribution in [-0.4, -0.2) is 4.57 Å². The minimum atomic E-state index is 0.585. The van der Waals surface area contributed by atoms with Gasteiger partial charge in [0.1, 0.15) is 11.6 Å². The first-order valence-corrected chi connectivity index (χ1v) is 22.7. The normalized spacial score (nSPS) is 11.4. The largest absolute Gasteiger partial charge is 0.308 e. The van der Waals surface area contributed by atoms with Gasteiger partial charge in [0.25, 0.3) is 0 Å². The Kier molecular flexibility index (Phi) is 9.92. The molecule has 0 atom stereocenters. The monoisotopic (exact) mass is 843 g/mol. The Hall–Kier alpha value is -8.66. The molecule has 12 aromatic rings. The SMILES string of the molecule is c1ccc(Cn2c(N(c3ccccc3)c3cc4ccccc4c4ccccc34)c(-c3ccccc3)c(-c3ccccc3)c2N(c2ccccc2)c2cc3ccccc3c3ccccc23)cc1. The number of hydrogen-bond donors (Lipinski definition) is 0. The predicted molar refractivity (Wildman–Crippen MR) is 280 cm³/mol. The highest BCUT2D eigenvalue weighted by atomic mass is 15.3. The van der Waals surface area contributed by atoms with Crippen LogP contribution in [0.2, 0.25) is 0 Å². The van der Waals surface area contributed by atoms with E-state index in [0.29, 0.717) is 6.54 Å². The van der Waals surface area contributed by atoms with Gasteiger partial charge >= 0.3 is 0 Å². The minimum Gasteiger partial charge on any atom is -0.308 e. The molecule has 312 valence electrons. The van der Waals surface area contributed by atoms with Gasteiger partial charge in [0.2, 0.25) is 0 Å². The lowest BCUT2D eigenvalue weighted by Crippen LogP contribution is -2.20. The molecule has 0 radical (unpaired) electrons. The maximum Gasteiger partial charge on any atom is 0.128 e. The van der Waals surface area contributed by atoms with Crippen LogP contribution in [0.15, 0.2) is 261 Å². The van der Waals surface area contributed by atoms with Crippen LogP contribution < -0.4 is 9.80 Å². The molecule has 1 aromatic heterocycles. The van der Waals surface area contributed by atoms with Crippen LogP contribution >= 0.6 is 0 Å². The zero-order chi connectivity index (χ0) is 43.8. The number of nitrogens with zero attached hydrogens (tertiary/aromatic N) is 3. The van der Waals surface area contributed by atoms with Gasteiger partial charge in [-0.05, 0) is 85.4 Å². The average molecular weight is 844 g/mol. The summed E-state index contributed by atoms with van der Waals surface area (Å²) in [4.78, 5) is 5.08. The first-order chi connectivity index (χ1) is 32.8. The van der Waals surface area contributed by atoms with E-state index in [1.165, 1.54) is 48.7 Å². The fraction of sp³-hybridized carbons (Fsp3) is 0.0159. The zero-order valence-electron chi connectivity index (χ0n) is 36.4. The predicted octanol–water partition coefficient (Wildman–Crippen LogP) is 17.4. The summed E-state index contributed by atoms with van der Waals surface area (Å²) in [5.41, 5.74) is 10.1. The Morgan fingerprint density at radius 3 is 1.02 bits per heavy atom. The van der Waals surface area contributed by atoms with Gasteiger partial charge in [-0.15, -0.1) is 0 Å².